The Morgan fingerprint density at radius 2 is 1.97 bits per heavy atom. The van der Waals surface area contributed by atoms with Crippen molar-refractivity contribution in [3.05, 3.63) is 65.0 Å². The molecule has 29 heavy (non-hydrogen) atoms. The van der Waals surface area contributed by atoms with Crippen LogP contribution in [0.1, 0.15) is 54.6 Å². The monoisotopic (exact) mass is 399 g/mol. The summed E-state index contributed by atoms with van der Waals surface area (Å²) in [6, 6.07) is 9.68. The highest BCUT2D eigenvalue weighted by molar-refractivity contribution is 5.86. The van der Waals surface area contributed by atoms with Gasteiger partial charge >= 0.3 is 6.09 Å². The fourth-order valence-corrected chi connectivity index (χ4v) is 3.81. The molecule has 2 aromatic rings. The second kappa shape index (κ2) is 8.59. The second-order valence-corrected chi connectivity index (χ2v) is 7.76. The van der Waals surface area contributed by atoms with Gasteiger partial charge in [0.1, 0.15) is 12.2 Å². The largest absolute Gasteiger partial charge is 0.465 e. The summed E-state index contributed by atoms with van der Waals surface area (Å²) < 4.78 is 13.8. The van der Waals surface area contributed by atoms with E-state index in [0.29, 0.717) is 11.6 Å². The molecule has 0 spiro atoms. The van der Waals surface area contributed by atoms with Gasteiger partial charge in [0.2, 0.25) is 5.91 Å². The van der Waals surface area contributed by atoms with E-state index in [9.17, 15) is 19.1 Å². The Morgan fingerprint density at radius 1 is 1.28 bits per heavy atom. The summed E-state index contributed by atoms with van der Waals surface area (Å²) in [4.78, 5) is 29.7. The number of carboxylic acid groups (broad SMARTS) is 1. The first-order valence-corrected chi connectivity index (χ1v) is 9.73. The second-order valence-electron chi connectivity index (χ2n) is 7.76. The summed E-state index contributed by atoms with van der Waals surface area (Å²) >= 11 is 0. The van der Waals surface area contributed by atoms with Crippen molar-refractivity contribution in [2.24, 2.45) is 0 Å². The molecule has 2 N–H and O–H groups in total. The van der Waals surface area contributed by atoms with E-state index in [4.69, 9.17) is 0 Å². The SMILES string of the molecule is Cc1cc([C@@H](NC(=O)C2CC(F)CN2C(=O)O)c2ccccc2)ncc1C(C)C. The highest BCUT2D eigenvalue weighted by atomic mass is 19.1. The maximum atomic E-state index is 13.8. The number of nitrogens with zero attached hydrogens (tertiary/aromatic N) is 2. The maximum Gasteiger partial charge on any atom is 0.408 e. The zero-order chi connectivity index (χ0) is 21.1. The van der Waals surface area contributed by atoms with E-state index in [0.717, 1.165) is 21.6 Å². The summed E-state index contributed by atoms with van der Waals surface area (Å²) in [5.74, 6) is -0.195. The van der Waals surface area contributed by atoms with Crippen LogP contribution in [0.2, 0.25) is 0 Å². The van der Waals surface area contributed by atoms with E-state index in [1.54, 1.807) is 0 Å². The molecule has 2 heterocycles. The lowest BCUT2D eigenvalue weighted by atomic mass is 9.96. The van der Waals surface area contributed by atoms with Gasteiger partial charge in [0.25, 0.3) is 0 Å². The molecule has 1 aliphatic heterocycles. The number of rotatable bonds is 5. The molecule has 0 radical (unpaired) electrons. The first-order valence-electron chi connectivity index (χ1n) is 9.73. The van der Waals surface area contributed by atoms with Gasteiger partial charge in [0.15, 0.2) is 0 Å². The molecule has 0 saturated carbocycles. The van der Waals surface area contributed by atoms with Crippen LogP contribution < -0.4 is 5.32 Å². The van der Waals surface area contributed by atoms with E-state index in [2.05, 4.69) is 24.1 Å². The molecule has 7 heteroatoms. The lowest BCUT2D eigenvalue weighted by Crippen LogP contribution is -2.46. The Balaban J connectivity index is 1.92. The van der Waals surface area contributed by atoms with Gasteiger partial charge in [-0.1, -0.05) is 44.2 Å². The summed E-state index contributed by atoms with van der Waals surface area (Å²) in [7, 11) is 0. The fourth-order valence-electron chi connectivity index (χ4n) is 3.81. The molecule has 3 rings (SSSR count). The molecule has 3 atom stereocenters. The average molecular weight is 399 g/mol. The highest BCUT2D eigenvalue weighted by Crippen LogP contribution is 2.27. The molecule has 1 saturated heterocycles. The molecular formula is C22H26FN3O3. The van der Waals surface area contributed by atoms with Gasteiger partial charge in [-0.25, -0.2) is 9.18 Å². The topological polar surface area (TPSA) is 82.5 Å². The van der Waals surface area contributed by atoms with Crippen molar-refractivity contribution in [3.63, 3.8) is 0 Å². The molecule has 2 unspecified atom stereocenters. The lowest BCUT2D eigenvalue weighted by Gasteiger charge is -2.25. The number of carbonyl (C=O) groups excluding carboxylic acids is 1. The van der Waals surface area contributed by atoms with Crippen molar-refractivity contribution in [2.75, 3.05) is 6.54 Å². The lowest BCUT2D eigenvalue weighted by molar-refractivity contribution is -0.125. The Kier molecular flexibility index (Phi) is 6.15. The zero-order valence-electron chi connectivity index (χ0n) is 16.8. The van der Waals surface area contributed by atoms with Crippen molar-refractivity contribution >= 4 is 12.0 Å². The van der Waals surface area contributed by atoms with Crippen molar-refractivity contribution in [3.8, 4) is 0 Å². The molecule has 0 bridgehead atoms. The normalized spacial score (nSPS) is 20.0. The van der Waals surface area contributed by atoms with Crippen LogP contribution >= 0.6 is 0 Å². The van der Waals surface area contributed by atoms with Gasteiger partial charge in [0, 0.05) is 12.6 Å². The fraction of sp³-hybridized carbons (Fsp3) is 0.409. The first kappa shape index (κ1) is 20.8. The molecule has 2 amide bonds. The van der Waals surface area contributed by atoms with Gasteiger partial charge in [-0.15, -0.1) is 0 Å². The van der Waals surface area contributed by atoms with Crippen LogP contribution in [0.3, 0.4) is 0 Å². The summed E-state index contributed by atoms with van der Waals surface area (Å²) in [5.41, 5.74) is 3.67. The Morgan fingerprint density at radius 3 is 2.55 bits per heavy atom. The first-order chi connectivity index (χ1) is 13.8. The number of aromatic nitrogens is 1. The number of carbonyl (C=O) groups is 2. The molecule has 1 aromatic heterocycles. The van der Waals surface area contributed by atoms with Crippen LogP contribution in [-0.4, -0.2) is 45.7 Å². The third kappa shape index (κ3) is 4.55. The van der Waals surface area contributed by atoms with Crippen LogP contribution in [-0.2, 0) is 4.79 Å². The molecular weight excluding hydrogens is 373 g/mol. The van der Waals surface area contributed by atoms with E-state index in [1.165, 1.54) is 0 Å². The molecule has 1 aliphatic rings. The number of likely N-dealkylation sites (tertiary alicyclic amines) is 1. The van der Waals surface area contributed by atoms with E-state index < -0.39 is 30.3 Å². The maximum absolute atomic E-state index is 13.8. The number of hydrogen-bond donors (Lipinski definition) is 2. The smallest absolute Gasteiger partial charge is 0.408 e. The third-order valence-electron chi connectivity index (χ3n) is 5.31. The quantitative estimate of drug-likeness (QED) is 0.801. The molecule has 154 valence electrons. The van der Waals surface area contributed by atoms with Crippen molar-refractivity contribution in [1.82, 2.24) is 15.2 Å². The van der Waals surface area contributed by atoms with Gasteiger partial charge in [-0.05, 0) is 35.6 Å². The predicted octanol–water partition coefficient (Wildman–Crippen LogP) is 3.81. The van der Waals surface area contributed by atoms with E-state index in [-0.39, 0.29) is 13.0 Å². The number of benzene rings is 1. The van der Waals surface area contributed by atoms with Crippen LogP contribution in [0.4, 0.5) is 9.18 Å². The molecule has 1 aromatic carbocycles. The summed E-state index contributed by atoms with van der Waals surface area (Å²) in [5, 5.41) is 12.2. The number of aryl methyl sites for hydroxylation is 1. The Bertz CT molecular complexity index is 888. The van der Waals surface area contributed by atoms with Gasteiger partial charge in [-0.2, -0.15) is 0 Å². The Labute approximate surface area is 169 Å². The van der Waals surface area contributed by atoms with Crippen LogP contribution in [0.5, 0.6) is 0 Å². The standard InChI is InChI=1S/C22H26FN3O3/c1-13(2)17-11-24-18(9-14(17)3)20(15-7-5-4-6-8-15)25-21(27)19-10-16(23)12-26(19)22(28)29/h4-9,11,13,16,19-20H,10,12H2,1-3H3,(H,25,27)(H,28,29)/t16?,19?,20-/m0/s1. The number of halogens is 1. The summed E-state index contributed by atoms with van der Waals surface area (Å²) in [6.45, 7) is 5.90. The minimum atomic E-state index is -1.34. The molecule has 6 nitrogen and oxygen atoms in total. The van der Waals surface area contributed by atoms with Crippen molar-refractivity contribution in [2.45, 2.75) is 51.4 Å². The van der Waals surface area contributed by atoms with Crippen LogP contribution in [0, 0.1) is 6.92 Å². The van der Waals surface area contributed by atoms with Gasteiger partial charge in [-0.3, -0.25) is 14.7 Å². The number of nitrogens with one attached hydrogen (secondary N) is 1. The van der Waals surface area contributed by atoms with E-state index in [1.807, 2.05) is 49.5 Å². The number of pyridine rings is 1. The highest BCUT2D eigenvalue weighted by Gasteiger charge is 2.40. The van der Waals surface area contributed by atoms with Crippen molar-refractivity contribution < 1.29 is 19.1 Å². The van der Waals surface area contributed by atoms with Gasteiger partial charge < -0.3 is 10.4 Å². The molecule has 0 aliphatic carbocycles. The van der Waals surface area contributed by atoms with Crippen molar-refractivity contribution in [1.29, 1.82) is 0 Å². The number of amides is 2. The van der Waals surface area contributed by atoms with Crippen LogP contribution in [0.25, 0.3) is 0 Å². The van der Waals surface area contributed by atoms with E-state index >= 15 is 0 Å². The Hall–Kier alpha value is -2.96. The number of alkyl halides is 1. The van der Waals surface area contributed by atoms with Gasteiger partial charge in [0.05, 0.1) is 18.3 Å². The summed E-state index contributed by atoms with van der Waals surface area (Å²) in [6.07, 6.45) is -0.966. The average Bonchev–Trinajstić information content (AvgIpc) is 3.08. The minimum absolute atomic E-state index is 0.140. The molecule has 1 fully saturated rings. The third-order valence-corrected chi connectivity index (χ3v) is 5.31. The minimum Gasteiger partial charge on any atom is -0.465 e. The van der Waals surface area contributed by atoms with Crippen LogP contribution in [0.15, 0.2) is 42.6 Å². The zero-order valence-corrected chi connectivity index (χ0v) is 16.8. The number of hydrogen-bond acceptors (Lipinski definition) is 3. The predicted molar refractivity (Wildman–Crippen MR) is 108 cm³/mol.